The van der Waals surface area contributed by atoms with Crippen molar-refractivity contribution in [2.75, 3.05) is 26.2 Å². The van der Waals surface area contributed by atoms with Crippen LogP contribution in [-0.2, 0) is 0 Å². The van der Waals surface area contributed by atoms with Gasteiger partial charge in [-0.05, 0) is 38.9 Å². The van der Waals surface area contributed by atoms with Crippen LogP contribution in [0.25, 0.3) is 0 Å². The van der Waals surface area contributed by atoms with Crippen LogP contribution in [0.1, 0.15) is 19.3 Å². The number of likely N-dealkylation sites (tertiary alicyclic amines) is 1. The summed E-state index contributed by atoms with van der Waals surface area (Å²) < 4.78 is 0. The number of hydrogen-bond acceptors (Lipinski definition) is 3. The molecular weight excluding hydrogens is 150 g/mol. The fraction of sp³-hybridized carbons (Fsp3) is 1.00. The van der Waals surface area contributed by atoms with Crippen LogP contribution in [0.5, 0.6) is 0 Å². The highest BCUT2D eigenvalue weighted by Crippen LogP contribution is 2.15. The van der Waals surface area contributed by atoms with Crippen molar-refractivity contribution in [3.63, 3.8) is 0 Å². The molecule has 0 bridgehead atoms. The largest absolute Gasteiger partial charge is 0.328 e. The zero-order chi connectivity index (χ0) is 8.39. The van der Waals surface area contributed by atoms with Crippen LogP contribution in [0.4, 0.5) is 0 Å². The molecule has 2 fully saturated rings. The highest BCUT2D eigenvalue weighted by Gasteiger charge is 2.25. The van der Waals surface area contributed by atoms with Crippen LogP contribution in [0, 0.1) is 0 Å². The molecule has 2 saturated heterocycles. The summed E-state index contributed by atoms with van der Waals surface area (Å²) in [4.78, 5) is 2.60. The van der Waals surface area contributed by atoms with Crippen molar-refractivity contribution in [2.24, 2.45) is 5.73 Å². The smallest absolute Gasteiger partial charge is 0.0232 e. The van der Waals surface area contributed by atoms with Crippen molar-refractivity contribution >= 4 is 0 Å². The van der Waals surface area contributed by atoms with E-state index in [0.29, 0.717) is 6.04 Å². The van der Waals surface area contributed by atoms with Crippen molar-refractivity contribution in [1.29, 1.82) is 0 Å². The molecule has 0 spiro atoms. The van der Waals surface area contributed by atoms with Gasteiger partial charge in [0.1, 0.15) is 0 Å². The van der Waals surface area contributed by atoms with Gasteiger partial charge in [0.05, 0.1) is 0 Å². The van der Waals surface area contributed by atoms with E-state index in [9.17, 15) is 0 Å². The Morgan fingerprint density at radius 3 is 2.50 bits per heavy atom. The summed E-state index contributed by atoms with van der Waals surface area (Å²) in [6, 6.07) is 1.27. The van der Waals surface area contributed by atoms with Crippen LogP contribution >= 0.6 is 0 Å². The Balaban J connectivity index is 1.80. The molecule has 0 radical (unpaired) electrons. The first kappa shape index (κ1) is 8.48. The van der Waals surface area contributed by atoms with E-state index < -0.39 is 0 Å². The summed E-state index contributed by atoms with van der Waals surface area (Å²) in [7, 11) is 0. The second-order valence-corrected chi connectivity index (χ2v) is 4.02. The topological polar surface area (TPSA) is 41.3 Å². The Bertz CT molecular complexity index is 135. The standard InChI is InChI=1S/C9H19N3/c10-8-2-5-12(6-3-8)9-1-4-11-7-9/h8-9,11H,1-7,10H2. The summed E-state index contributed by atoms with van der Waals surface area (Å²) in [6.45, 7) is 4.82. The van der Waals surface area contributed by atoms with E-state index in [1.807, 2.05) is 0 Å². The zero-order valence-electron chi connectivity index (χ0n) is 7.63. The Labute approximate surface area is 74.3 Å². The molecule has 0 aromatic carbocycles. The summed E-state index contributed by atoms with van der Waals surface area (Å²) in [5.74, 6) is 0. The SMILES string of the molecule is NC1CCN(C2CCNC2)CC1. The summed E-state index contributed by atoms with van der Waals surface area (Å²) >= 11 is 0. The molecule has 0 aromatic rings. The lowest BCUT2D eigenvalue weighted by Gasteiger charge is -2.34. The lowest BCUT2D eigenvalue weighted by Crippen LogP contribution is -2.45. The van der Waals surface area contributed by atoms with Crippen LogP contribution in [0.2, 0.25) is 0 Å². The average Bonchev–Trinajstić information content (AvgIpc) is 2.58. The Kier molecular flexibility index (Phi) is 2.63. The van der Waals surface area contributed by atoms with Gasteiger partial charge in [-0.1, -0.05) is 0 Å². The average molecular weight is 169 g/mol. The van der Waals surface area contributed by atoms with Gasteiger partial charge in [-0.15, -0.1) is 0 Å². The highest BCUT2D eigenvalue weighted by atomic mass is 15.2. The Morgan fingerprint density at radius 2 is 1.92 bits per heavy atom. The maximum atomic E-state index is 5.85. The Morgan fingerprint density at radius 1 is 1.17 bits per heavy atom. The molecule has 70 valence electrons. The van der Waals surface area contributed by atoms with Gasteiger partial charge in [-0.2, -0.15) is 0 Å². The number of rotatable bonds is 1. The molecule has 2 heterocycles. The van der Waals surface area contributed by atoms with Crippen molar-refractivity contribution in [3.05, 3.63) is 0 Å². The van der Waals surface area contributed by atoms with Crippen LogP contribution < -0.4 is 11.1 Å². The Hall–Kier alpha value is -0.120. The normalized spacial score (nSPS) is 34.2. The van der Waals surface area contributed by atoms with E-state index in [1.54, 1.807) is 0 Å². The second-order valence-electron chi connectivity index (χ2n) is 4.02. The minimum atomic E-state index is 0.468. The molecule has 3 heteroatoms. The molecule has 1 unspecified atom stereocenters. The van der Waals surface area contributed by atoms with Crippen molar-refractivity contribution in [3.8, 4) is 0 Å². The third kappa shape index (κ3) is 1.79. The van der Waals surface area contributed by atoms with Crippen molar-refractivity contribution in [1.82, 2.24) is 10.2 Å². The minimum Gasteiger partial charge on any atom is -0.328 e. The number of nitrogens with one attached hydrogen (secondary N) is 1. The molecule has 3 N–H and O–H groups in total. The lowest BCUT2D eigenvalue weighted by atomic mass is 10.0. The molecule has 0 aliphatic carbocycles. The number of hydrogen-bond donors (Lipinski definition) is 2. The van der Waals surface area contributed by atoms with Gasteiger partial charge in [0.25, 0.3) is 0 Å². The van der Waals surface area contributed by atoms with Crippen LogP contribution in [0.3, 0.4) is 0 Å². The fourth-order valence-electron chi connectivity index (χ4n) is 2.24. The molecule has 0 aromatic heterocycles. The number of nitrogens with two attached hydrogens (primary N) is 1. The van der Waals surface area contributed by atoms with E-state index in [4.69, 9.17) is 5.73 Å². The molecule has 2 rings (SSSR count). The van der Waals surface area contributed by atoms with E-state index >= 15 is 0 Å². The fourth-order valence-corrected chi connectivity index (χ4v) is 2.24. The minimum absolute atomic E-state index is 0.468. The number of piperidine rings is 1. The summed E-state index contributed by atoms with van der Waals surface area (Å²) in [5.41, 5.74) is 5.85. The molecule has 2 aliphatic rings. The molecular formula is C9H19N3. The summed E-state index contributed by atoms with van der Waals surface area (Å²) in [5, 5.41) is 3.41. The predicted octanol–water partition coefficient (Wildman–Crippen LogP) is -0.229. The molecule has 0 amide bonds. The van der Waals surface area contributed by atoms with Crippen molar-refractivity contribution in [2.45, 2.75) is 31.3 Å². The first-order valence-electron chi connectivity index (χ1n) is 5.06. The quantitative estimate of drug-likeness (QED) is 0.570. The lowest BCUT2D eigenvalue weighted by molar-refractivity contribution is 0.162. The van der Waals surface area contributed by atoms with E-state index in [2.05, 4.69) is 10.2 Å². The van der Waals surface area contributed by atoms with Gasteiger partial charge in [0, 0.05) is 18.6 Å². The molecule has 2 aliphatic heterocycles. The first-order valence-corrected chi connectivity index (χ1v) is 5.06. The molecule has 12 heavy (non-hydrogen) atoms. The molecule has 0 saturated carbocycles. The van der Waals surface area contributed by atoms with Crippen molar-refractivity contribution < 1.29 is 0 Å². The zero-order valence-corrected chi connectivity index (χ0v) is 7.63. The van der Waals surface area contributed by atoms with E-state index in [1.165, 1.54) is 45.4 Å². The van der Waals surface area contributed by atoms with E-state index in [-0.39, 0.29) is 0 Å². The summed E-state index contributed by atoms with van der Waals surface area (Å²) in [6.07, 6.45) is 3.71. The van der Waals surface area contributed by atoms with Crippen LogP contribution in [-0.4, -0.2) is 43.2 Å². The van der Waals surface area contributed by atoms with Crippen LogP contribution in [0.15, 0.2) is 0 Å². The predicted molar refractivity (Wildman–Crippen MR) is 50.1 cm³/mol. The second kappa shape index (κ2) is 3.73. The highest BCUT2D eigenvalue weighted by molar-refractivity contribution is 4.84. The van der Waals surface area contributed by atoms with Gasteiger partial charge in [0.2, 0.25) is 0 Å². The molecule has 1 atom stereocenters. The van der Waals surface area contributed by atoms with Gasteiger partial charge < -0.3 is 11.1 Å². The van der Waals surface area contributed by atoms with Gasteiger partial charge in [-0.3, -0.25) is 4.90 Å². The third-order valence-electron chi connectivity index (χ3n) is 3.12. The monoisotopic (exact) mass is 169 g/mol. The van der Waals surface area contributed by atoms with E-state index in [0.717, 1.165) is 6.04 Å². The van der Waals surface area contributed by atoms with Gasteiger partial charge in [-0.25, -0.2) is 0 Å². The number of nitrogens with zero attached hydrogens (tertiary/aromatic N) is 1. The maximum Gasteiger partial charge on any atom is 0.0232 e. The van der Waals surface area contributed by atoms with Gasteiger partial charge in [0.15, 0.2) is 0 Å². The maximum absolute atomic E-state index is 5.85. The third-order valence-corrected chi connectivity index (χ3v) is 3.12. The molecule has 3 nitrogen and oxygen atoms in total. The van der Waals surface area contributed by atoms with Gasteiger partial charge >= 0.3 is 0 Å². The first-order chi connectivity index (χ1) is 5.86.